The minimum Gasteiger partial charge on any atom is -0.397 e. The molecule has 0 amide bonds. The van der Waals surface area contributed by atoms with Crippen molar-refractivity contribution in [2.24, 2.45) is 5.92 Å². The van der Waals surface area contributed by atoms with Gasteiger partial charge in [0.05, 0.1) is 29.1 Å². The number of nitrogen functional groups attached to an aromatic ring is 1. The monoisotopic (exact) mass is 217 g/mol. The summed E-state index contributed by atoms with van der Waals surface area (Å²) in [5.74, 6) is 0.532. The maximum Gasteiger partial charge on any atom is 0.0992 e. The van der Waals surface area contributed by atoms with Gasteiger partial charge >= 0.3 is 0 Å². The fourth-order valence-corrected chi connectivity index (χ4v) is 1.91. The fraction of sp³-hybridized carbons (Fsp3) is 0.417. The number of anilines is 2. The molecule has 0 saturated heterocycles. The molecular weight excluding hydrogens is 202 g/mol. The zero-order valence-corrected chi connectivity index (χ0v) is 8.98. The van der Waals surface area contributed by atoms with E-state index in [1.165, 1.54) is 0 Å². The Morgan fingerprint density at radius 3 is 2.81 bits per heavy atom. The second-order valence-electron chi connectivity index (χ2n) is 4.29. The summed E-state index contributed by atoms with van der Waals surface area (Å²) in [4.78, 5) is 0. The number of nitrogens with two attached hydrogens (primary N) is 1. The van der Waals surface area contributed by atoms with Crippen LogP contribution in [-0.2, 0) is 0 Å². The summed E-state index contributed by atoms with van der Waals surface area (Å²) in [6.45, 7) is 0.827. The highest BCUT2D eigenvalue weighted by Gasteiger charge is 2.26. The molecule has 4 heteroatoms. The van der Waals surface area contributed by atoms with Crippen molar-refractivity contribution in [3.63, 3.8) is 0 Å². The molecule has 16 heavy (non-hydrogen) atoms. The van der Waals surface area contributed by atoms with Gasteiger partial charge in [-0.3, -0.25) is 0 Å². The topological polar surface area (TPSA) is 82.1 Å². The quantitative estimate of drug-likeness (QED) is 0.667. The Morgan fingerprint density at radius 2 is 2.25 bits per heavy atom. The zero-order chi connectivity index (χ0) is 11.5. The SMILES string of the molecule is N#Cc1ccc(NCC2CC(O)C2)c(N)c1. The van der Waals surface area contributed by atoms with Crippen molar-refractivity contribution >= 4 is 11.4 Å². The molecular formula is C12H15N3O. The van der Waals surface area contributed by atoms with E-state index in [0.29, 0.717) is 17.2 Å². The van der Waals surface area contributed by atoms with E-state index in [0.717, 1.165) is 25.1 Å². The lowest BCUT2D eigenvalue weighted by Gasteiger charge is -2.31. The molecule has 0 spiro atoms. The van der Waals surface area contributed by atoms with Crippen LogP contribution in [0.3, 0.4) is 0 Å². The average Bonchev–Trinajstić information content (AvgIpc) is 2.24. The summed E-state index contributed by atoms with van der Waals surface area (Å²) in [5, 5.41) is 21.1. The normalized spacial score (nSPS) is 23.2. The summed E-state index contributed by atoms with van der Waals surface area (Å²) in [5.41, 5.74) is 7.84. The van der Waals surface area contributed by atoms with Gasteiger partial charge in [-0.25, -0.2) is 0 Å². The minimum absolute atomic E-state index is 0.120. The van der Waals surface area contributed by atoms with Crippen molar-refractivity contribution in [3.05, 3.63) is 23.8 Å². The molecule has 4 N–H and O–H groups in total. The molecule has 0 radical (unpaired) electrons. The zero-order valence-electron chi connectivity index (χ0n) is 8.98. The highest BCUT2D eigenvalue weighted by atomic mass is 16.3. The molecule has 0 atom stereocenters. The van der Waals surface area contributed by atoms with Gasteiger partial charge < -0.3 is 16.2 Å². The highest BCUT2D eigenvalue weighted by Crippen LogP contribution is 2.28. The molecule has 1 saturated carbocycles. The van der Waals surface area contributed by atoms with Gasteiger partial charge in [0, 0.05) is 6.54 Å². The fourth-order valence-electron chi connectivity index (χ4n) is 1.91. The van der Waals surface area contributed by atoms with Crippen LogP contribution in [-0.4, -0.2) is 17.8 Å². The van der Waals surface area contributed by atoms with E-state index in [1.807, 2.05) is 12.1 Å². The summed E-state index contributed by atoms with van der Waals surface area (Å²) in [6.07, 6.45) is 1.61. The Balaban J connectivity index is 1.92. The van der Waals surface area contributed by atoms with E-state index in [9.17, 15) is 0 Å². The van der Waals surface area contributed by atoms with Crippen molar-refractivity contribution in [1.82, 2.24) is 0 Å². The van der Waals surface area contributed by atoms with Gasteiger partial charge in [0.2, 0.25) is 0 Å². The predicted octanol–water partition coefficient (Wildman–Crippen LogP) is 1.32. The molecule has 1 aromatic carbocycles. The number of hydrogen-bond acceptors (Lipinski definition) is 4. The van der Waals surface area contributed by atoms with Crippen LogP contribution in [0.1, 0.15) is 18.4 Å². The lowest BCUT2D eigenvalue weighted by atomic mass is 9.82. The van der Waals surface area contributed by atoms with Crippen LogP contribution in [0.5, 0.6) is 0 Å². The molecule has 0 aliphatic heterocycles. The van der Waals surface area contributed by atoms with Crippen LogP contribution >= 0.6 is 0 Å². The molecule has 0 unspecified atom stereocenters. The van der Waals surface area contributed by atoms with Gasteiger partial charge in [-0.15, -0.1) is 0 Å². The third-order valence-electron chi connectivity index (χ3n) is 2.97. The maximum atomic E-state index is 9.15. The number of aliphatic hydroxyl groups is 1. The summed E-state index contributed by atoms with van der Waals surface area (Å²) in [7, 11) is 0. The third kappa shape index (κ3) is 2.26. The average molecular weight is 217 g/mol. The number of nitrogens with one attached hydrogen (secondary N) is 1. The first-order valence-electron chi connectivity index (χ1n) is 5.40. The molecule has 1 aliphatic carbocycles. The van der Waals surface area contributed by atoms with E-state index < -0.39 is 0 Å². The summed E-state index contributed by atoms with van der Waals surface area (Å²) in [6, 6.07) is 7.28. The van der Waals surface area contributed by atoms with Crippen LogP contribution in [0, 0.1) is 17.2 Å². The van der Waals surface area contributed by atoms with Gasteiger partial charge in [0.25, 0.3) is 0 Å². The number of aliphatic hydroxyl groups excluding tert-OH is 1. The van der Waals surface area contributed by atoms with Crippen LogP contribution in [0.15, 0.2) is 18.2 Å². The molecule has 0 bridgehead atoms. The Hall–Kier alpha value is -1.73. The minimum atomic E-state index is -0.120. The number of rotatable bonds is 3. The number of hydrogen-bond donors (Lipinski definition) is 3. The molecule has 0 heterocycles. The molecule has 1 aromatic rings. The Labute approximate surface area is 94.7 Å². The van der Waals surface area contributed by atoms with Crippen LogP contribution in [0.4, 0.5) is 11.4 Å². The first-order valence-corrected chi connectivity index (χ1v) is 5.40. The number of nitriles is 1. The number of nitrogens with zero attached hydrogens (tertiary/aromatic N) is 1. The largest absolute Gasteiger partial charge is 0.397 e. The summed E-state index contributed by atoms with van der Waals surface area (Å²) < 4.78 is 0. The first kappa shape index (κ1) is 10.8. The second-order valence-corrected chi connectivity index (χ2v) is 4.29. The van der Waals surface area contributed by atoms with Gasteiger partial charge in [0.1, 0.15) is 0 Å². The van der Waals surface area contributed by atoms with Crippen LogP contribution in [0.25, 0.3) is 0 Å². The van der Waals surface area contributed by atoms with E-state index in [4.69, 9.17) is 16.1 Å². The van der Waals surface area contributed by atoms with Crippen molar-refractivity contribution < 1.29 is 5.11 Å². The lowest BCUT2D eigenvalue weighted by molar-refractivity contribution is 0.0487. The second kappa shape index (κ2) is 4.42. The first-order chi connectivity index (χ1) is 7.69. The Kier molecular flexibility index (Phi) is 2.97. The van der Waals surface area contributed by atoms with Crippen molar-refractivity contribution in [2.45, 2.75) is 18.9 Å². The Bertz CT molecular complexity index is 419. The molecule has 0 aromatic heterocycles. The van der Waals surface area contributed by atoms with Gasteiger partial charge in [0.15, 0.2) is 0 Å². The molecule has 1 aliphatic rings. The Morgan fingerprint density at radius 1 is 1.50 bits per heavy atom. The molecule has 84 valence electrons. The highest BCUT2D eigenvalue weighted by molar-refractivity contribution is 5.68. The molecule has 2 rings (SSSR count). The van der Waals surface area contributed by atoms with Crippen LogP contribution < -0.4 is 11.1 Å². The van der Waals surface area contributed by atoms with Crippen molar-refractivity contribution in [2.75, 3.05) is 17.6 Å². The van der Waals surface area contributed by atoms with Gasteiger partial charge in [-0.1, -0.05) is 0 Å². The standard InChI is InChI=1S/C12H15N3O/c13-6-8-1-2-12(11(14)5-8)15-7-9-3-10(16)4-9/h1-2,5,9-10,15-16H,3-4,7,14H2. The smallest absolute Gasteiger partial charge is 0.0992 e. The molecule has 1 fully saturated rings. The van der Waals surface area contributed by atoms with Crippen molar-refractivity contribution in [1.29, 1.82) is 5.26 Å². The van der Waals surface area contributed by atoms with E-state index in [2.05, 4.69) is 5.32 Å². The maximum absolute atomic E-state index is 9.15. The van der Waals surface area contributed by atoms with Gasteiger partial charge in [-0.05, 0) is 37.0 Å². The van der Waals surface area contributed by atoms with E-state index in [1.54, 1.807) is 12.1 Å². The number of benzene rings is 1. The third-order valence-corrected chi connectivity index (χ3v) is 2.97. The van der Waals surface area contributed by atoms with E-state index in [-0.39, 0.29) is 6.10 Å². The van der Waals surface area contributed by atoms with Gasteiger partial charge in [-0.2, -0.15) is 5.26 Å². The van der Waals surface area contributed by atoms with Crippen molar-refractivity contribution in [3.8, 4) is 6.07 Å². The predicted molar refractivity (Wildman–Crippen MR) is 62.8 cm³/mol. The molecule has 4 nitrogen and oxygen atoms in total. The van der Waals surface area contributed by atoms with Crippen LogP contribution in [0.2, 0.25) is 0 Å². The van der Waals surface area contributed by atoms with E-state index >= 15 is 0 Å². The summed E-state index contributed by atoms with van der Waals surface area (Å²) >= 11 is 0. The lowest BCUT2D eigenvalue weighted by Crippen LogP contribution is -2.33.